The first-order valence-corrected chi connectivity index (χ1v) is 7.37. The molecule has 0 spiro atoms. The first kappa shape index (κ1) is 20.5. The lowest BCUT2D eigenvalue weighted by Crippen LogP contribution is -2.37. The van der Waals surface area contributed by atoms with Crippen LogP contribution in [-0.4, -0.2) is 16.4 Å². The highest BCUT2D eigenvalue weighted by atomic mass is 35.5. The minimum atomic E-state index is -0.708. The molecule has 1 heterocycles. The standard InChI is InChI=1S/C16H16ClN3O2.2ClH/c17-13-9-11(20-15(21)16(18)6-7-16)4-5-14(13)22-10-12-3-1-2-8-19-12;;/h1-5,8-9H,6-7,10,18H2,(H,20,21);2*1H. The van der Waals surface area contributed by atoms with E-state index in [1.165, 1.54) is 0 Å². The van der Waals surface area contributed by atoms with Gasteiger partial charge in [-0.1, -0.05) is 17.7 Å². The van der Waals surface area contributed by atoms with Crippen LogP contribution in [-0.2, 0) is 11.4 Å². The SMILES string of the molecule is Cl.Cl.NC1(C(=O)Nc2ccc(OCc3ccccn3)c(Cl)c2)CC1. The van der Waals surface area contributed by atoms with E-state index in [1.54, 1.807) is 24.4 Å². The maximum absolute atomic E-state index is 11.9. The highest BCUT2D eigenvalue weighted by molar-refractivity contribution is 6.32. The van der Waals surface area contributed by atoms with Gasteiger partial charge in [0.05, 0.1) is 16.3 Å². The molecule has 1 aliphatic rings. The van der Waals surface area contributed by atoms with Crippen molar-refractivity contribution in [3.63, 3.8) is 0 Å². The maximum atomic E-state index is 11.9. The van der Waals surface area contributed by atoms with Gasteiger partial charge in [0.2, 0.25) is 5.91 Å². The summed E-state index contributed by atoms with van der Waals surface area (Å²) < 4.78 is 5.63. The van der Waals surface area contributed by atoms with Crippen LogP contribution in [0, 0.1) is 0 Å². The normalized spacial score (nSPS) is 13.9. The van der Waals surface area contributed by atoms with Crippen LogP contribution in [0.25, 0.3) is 0 Å². The van der Waals surface area contributed by atoms with Gasteiger partial charge in [-0.2, -0.15) is 0 Å². The molecule has 0 saturated heterocycles. The Morgan fingerprint density at radius 2 is 2.04 bits per heavy atom. The summed E-state index contributed by atoms with van der Waals surface area (Å²) in [5, 5.41) is 3.20. The molecular formula is C16H18Cl3N3O2. The molecule has 5 nitrogen and oxygen atoms in total. The number of nitrogens with zero attached hydrogens (tertiary/aromatic N) is 1. The van der Waals surface area contributed by atoms with Crippen molar-refractivity contribution in [1.82, 2.24) is 4.98 Å². The Morgan fingerprint density at radius 1 is 1.29 bits per heavy atom. The molecule has 0 unspecified atom stereocenters. The van der Waals surface area contributed by atoms with Gasteiger partial charge in [0.15, 0.2) is 0 Å². The van der Waals surface area contributed by atoms with Gasteiger partial charge in [-0.05, 0) is 43.2 Å². The average Bonchev–Trinajstić information content (AvgIpc) is 3.27. The molecule has 8 heteroatoms. The lowest BCUT2D eigenvalue weighted by Gasteiger charge is -2.12. The molecule has 0 bridgehead atoms. The molecule has 24 heavy (non-hydrogen) atoms. The molecule has 0 aliphatic heterocycles. The zero-order chi connectivity index (χ0) is 15.6. The van der Waals surface area contributed by atoms with Crippen LogP contribution in [0.15, 0.2) is 42.6 Å². The highest BCUT2D eigenvalue weighted by Gasteiger charge is 2.45. The average molecular weight is 391 g/mol. The number of rotatable bonds is 5. The summed E-state index contributed by atoms with van der Waals surface area (Å²) in [4.78, 5) is 16.1. The molecule has 3 N–H and O–H groups in total. The molecule has 2 aromatic rings. The zero-order valence-electron chi connectivity index (χ0n) is 12.7. The number of halogens is 3. The second-order valence-electron chi connectivity index (χ2n) is 5.37. The van der Waals surface area contributed by atoms with E-state index in [2.05, 4.69) is 10.3 Å². The van der Waals surface area contributed by atoms with E-state index in [0.717, 1.165) is 18.5 Å². The van der Waals surface area contributed by atoms with E-state index in [4.69, 9.17) is 22.1 Å². The summed E-state index contributed by atoms with van der Waals surface area (Å²) in [6, 6.07) is 10.7. The van der Waals surface area contributed by atoms with Gasteiger partial charge in [-0.25, -0.2) is 0 Å². The summed E-state index contributed by atoms with van der Waals surface area (Å²) >= 11 is 6.18. The highest BCUT2D eigenvalue weighted by Crippen LogP contribution is 2.34. The first-order chi connectivity index (χ1) is 10.6. The number of benzene rings is 1. The van der Waals surface area contributed by atoms with E-state index in [-0.39, 0.29) is 30.7 Å². The number of nitrogens with two attached hydrogens (primary N) is 1. The number of nitrogens with one attached hydrogen (secondary N) is 1. The molecule has 1 aliphatic carbocycles. The van der Waals surface area contributed by atoms with Gasteiger partial charge in [-0.15, -0.1) is 24.8 Å². The summed E-state index contributed by atoms with van der Waals surface area (Å²) in [5.74, 6) is 0.366. The van der Waals surface area contributed by atoms with Crippen LogP contribution >= 0.6 is 36.4 Å². The second kappa shape index (κ2) is 8.53. The van der Waals surface area contributed by atoms with E-state index in [1.807, 2.05) is 18.2 Å². The minimum Gasteiger partial charge on any atom is -0.486 e. The van der Waals surface area contributed by atoms with Crippen LogP contribution < -0.4 is 15.8 Å². The quantitative estimate of drug-likeness (QED) is 0.818. The smallest absolute Gasteiger partial charge is 0.244 e. The van der Waals surface area contributed by atoms with Crippen molar-refractivity contribution in [2.45, 2.75) is 25.0 Å². The number of carbonyl (C=O) groups excluding carboxylic acids is 1. The summed E-state index contributed by atoms with van der Waals surface area (Å²) in [6.45, 7) is 0.332. The van der Waals surface area contributed by atoms with E-state index in [9.17, 15) is 4.79 Å². The van der Waals surface area contributed by atoms with E-state index < -0.39 is 5.54 Å². The summed E-state index contributed by atoms with van der Waals surface area (Å²) in [7, 11) is 0. The van der Waals surface area contributed by atoms with Gasteiger partial charge in [0.25, 0.3) is 0 Å². The fourth-order valence-corrected chi connectivity index (χ4v) is 2.18. The summed E-state index contributed by atoms with van der Waals surface area (Å²) in [6.07, 6.45) is 3.15. The van der Waals surface area contributed by atoms with Gasteiger partial charge in [0.1, 0.15) is 12.4 Å². The Balaban J connectivity index is 0.00000144. The van der Waals surface area contributed by atoms with E-state index in [0.29, 0.717) is 23.1 Å². The van der Waals surface area contributed by atoms with Crippen molar-refractivity contribution in [3.8, 4) is 5.75 Å². The Hall–Kier alpha value is -1.53. The van der Waals surface area contributed by atoms with Crippen molar-refractivity contribution >= 4 is 48.0 Å². The number of carbonyl (C=O) groups is 1. The predicted octanol–water partition coefficient (Wildman–Crippen LogP) is 3.59. The number of aromatic nitrogens is 1. The molecular weight excluding hydrogens is 373 g/mol. The van der Waals surface area contributed by atoms with Gasteiger partial charge < -0.3 is 15.8 Å². The fraction of sp³-hybridized carbons (Fsp3) is 0.250. The maximum Gasteiger partial charge on any atom is 0.244 e. The van der Waals surface area contributed by atoms with Gasteiger partial charge in [0, 0.05) is 11.9 Å². The zero-order valence-corrected chi connectivity index (χ0v) is 15.1. The summed E-state index contributed by atoms with van der Waals surface area (Å²) in [5.41, 5.74) is 6.56. The van der Waals surface area contributed by atoms with Crippen molar-refractivity contribution in [2.24, 2.45) is 5.73 Å². The van der Waals surface area contributed by atoms with Crippen molar-refractivity contribution in [2.75, 3.05) is 5.32 Å². The predicted molar refractivity (Wildman–Crippen MR) is 99.3 cm³/mol. The number of amides is 1. The minimum absolute atomic E-state index is 0. The number of pyridine rings is 1. The third-order valence-corrected chi connectivity index (χ3v) is 3.83. The van der Waals surface area contributed by atoms with Crippen LogP contribution in [0.2, 0.25) is 5.02 Å². The molecule has 1 aromatic heterocycles. The Bertz CT molecular complexity index is 694. The molecule has 1 saturated carbocycles. The number of anilines is 1. The van der Waals surface area contributed by atoms with Crippen LogP contribution in [0.3, 0.4) is 0 Å². The third-order valence-electron chi connectivity index (χ3n) is 3.53. The van der Waals surface area contributed by atoms with Crippen LogP contribution in [0.1, 0.15) is 18.5 Å². The number of hydrogen-bond acceptors (Lipinski definition) is 4. The Labute approximate surface area is 157 Å². The van der Waals surface area contributed by atoms with Crippen molar-refractivity contribution in [3.05, 3.63) is 53.3 Å². The third kappa shape index (κ3) is 4.98. The lowest BCUT2D eigenvalue weighted by molar-refractivity contribution is -0.118. The van der Waals surface area contributed by atoms with Crippen molar-refractivity contribution in [1.29, 1.82) is 0 Å². The van der Waals surface area contributed by atoms with Crippen molar-refractivity contribution < 1.29 is 9.53 Å². The van der Waals surface area contributed by atoms with Gasteiger partial charge in [-0.3, -0.25) is 9.78 Å². The molecule has 1 fully saturated rings. The fourth-order valence-electron chi connectivity index (χ4n) is 1.95. The molecule has 3 rings (SSSR count). The largest absolute Gasteiger partial charge is 0.486 e. The first-order valence-electron chi connectivity index (χ1n) is 6.99. The Kier molecular flexibility index (Phi) is 7.29. The Morgan fingerprint density at radius 3 is 2.62 bits per heavy atom. The molecule has 0 atom stereocenters. The number of ether oxygens (including phenoxy) is 1. The monoisotopic (exact) mass is 389 g/mol. The van der Waals surface area contributed by atoms with Gasteiger partial charge >= 0.3 is 0 Å². The topological polar surface area (TPSA) is 77.2 Å². The van der Waals surface area contributed by atoms with E-state index >= 15 is 0 Å². The molecule has 1 amide bonds. The molecule has 1 aromatic carbocycles. The number of hydrogen-bond donors (Lipinski definition) is 2. The molecule has 0 radical (unpaired) electrons. The van der Waals surface area contributed by atoms with Crippen LogP contribution in [0.4, 0.5) is 5.69 Å². The molecule has 130 valence electrons. The lowest BCUT2D eigenvalue weighted by atomic mass is 10.2. The van der Waals surface area contributed by atoms with Crippen LogP contribution in [0.5, 0.6) is 5.75 Å². The second-order valence-corrected chi connectivity index (χ2v) is 5.77.